The molecule has 0 aromatic heterocycles. The van der Waals surface area contributed by atoms with E-state index in [1.54, 1.807) is 18.0 Å². The van der Waals surface area contributed by atoms with E-state index in [2.05, 4.69) is 13.8 Å². The molecular formula is C19H28FNO. The van der Waals surface area contributed by atoms with Gasteiger partial charge < -0.3 is 4.90 Å². The van der Waals surface area contributed by atoms with Gasteiger partial charge in [-0.2, -0.15) is 0 Å². The van der Waals surface area contributed by atoms with Crippen LogP contribution in [0.3, 0.4) is 0 Å². The molecule has 4 rings (SSSR count). The van der Waals surface area contributed by atoms with E-state index in [4.69, 9.17) is 0 Å². The summed E-state index contributed by atoms with van der Waals surface area (Å²) >= 11 is 0. The minimum Gasteiger partial charge on any atom is -0.336 e. The summed E-state index contributed by atoms with van der Waals surface area (Å²) in [6.07, 6.45) is 10.6. The van der Waals surface area contributed by atoms with Crippen molar-refractivity contribution in [2.45, 2.75) is 64.8 Å². The molecule has 1 unspecified atom stereocenters. The summed E-state index contributed by atoms with van der Waals surface area (Å²) in [7, 11) is 1.79. The Morgan fingerprint density at radius 1 is 1.14 bits per heavy atom. The maximum absolute atomic E-state index is 14.2. The van der Waals surface area contributed by atoms with Crippen LogP contribution in [0.4, 0.5) is 4.39 Å². The van der Waals surface area contributed by atoms with Gasteiger partial charge in [0.25, 0.3) is 5.91 Å². The van der Waals surface area contributed by atoms with E-state index < -0.39 is 11.7 Å². The molecule has 3 fully saturated rings. The van der Waals surface area contributed by atoms with E-state index >= 15 is 0 Å². The molecule has 0 N–H and O–H groups in total. The number of hydrogen-bond acceptors (Lipinski definition) is 1. The van der Waals surface area contributed by atoms with E-state index in [9.17, 15) is 9.18 Å². The molecule has 6 atom stereocenters. The Kier molecular flexibility index (Phi) is 3.06. The molecule has 2 nitrogen and oxygen atoms in total. The van der Waals surface area contributed by atoms with E-state index in [1.807, 2.05) is 0 Å². The molecule has 3 heteroatoms. The predicted octanol–water partition coefficient (Wildman–Crippen LogP) is 4.31. The molecule has 4 aliphatic rings. The first-order chi connectivity index (χ1) is 10.4. The Hall–Kier alpha value is -0.860. The first kappa shape index (κ1) is 14.7. The van der Waals surface area contributed by atoms with Crippen molar-refractivity contribution >= 4 is 5.91 Å². The van der Waals surface area contributed by atoms with Crippen LogP contribution in [0.15, 0.2) is 11.9 Å². The maximum Gasteiger partial charge on any atom is 0.282 e. The number of amides is 1. The molecule has 1 aliphatic heterocycles. The van der Waals surface area contributed by atoms with Crippen molar-refractivity contribution in [3.63, 3.8) is 0 Å². The highest BCUT2D eigenvalue weighted by molar-refractivity contribution is 5.92. The number of likely N-dealkylation sites (N-methyl/N-ethyl adjacent to an activating group) is 1. The number of carbonyl (C=O) groups excluding carboxylic acids is 1. The van der Waals surface area contributed by atoms with Crippen molar-refractivity contribution in [2.75, 3.05) is 7.05 Å². The number of rotatable bonds is 0. The SMILES string of the molecule is CN1C(=O)C(F)=C[C@@]2(C)C1CC[C@@H]1[C@H]2CC[C@]2(C)CCC[C@@H]12. The summed E-state index contributed by atoms with van der Waals surface area (Å²) in [5.74, 6) is 1.16. The Morgan fingerprint density at radius 3 is 2.68 bits per heavy atom. The molecular weight excluding hydrogens is 277 g/mol. The molecule has 0 saturated heterocycles. The topological polar surface area (TPSA) is 20.3 Å². The third-order valence-electron chi connectivity index (χ3n) is 7.94. The Balaban J connectivity index is 1.73. The molecule has 1 amide bonds. The van der Waals surface area contributed by atoms with Crippen LogP contribution in [0.1, 0.15) is 58.8 Å². The van der Waals surface area contributed by atoms with Crippen LogP contribution < -0.4 is 0 Å². The van der Waals surface area contributed by atoms with E-state index in [0.29, 0.717) is 11.3 Å². The fourth-order valence-corrected chi connectivity index (χ4v) is 6.82. The van der Waals surface area contributed by atoms with E-state index in [-0.39, 0.29) is 11.5 Å². The third kappa shape index (κ3) is 1.74. The zero-order valence-electron chi connectivity index (χ0n) is 14.1. The van der Waals surface area contributed by atoms with Gasteiger partial charge in [-0.3, -0.25) is 4.79 Å². The van der Waals surface area contributed by atoms with Crippen LogP contribution in [-0.4, -0.2) is 23.9 Å². The fourth-order valence-electron chi connectivity index (χ4n) is 6.82. The quantitative estimate of drug-likeness (QED) is 0.653. The smallest absolute Gasteiger partial charge is 0.282 e. The predicted molar refractivity (Wildman–Crippen MR) is 84.8 cm³/mol. The normalized spacial score (nSPS) is 51.0. The lowest BCUT2D eigenvalue weighted by Crippen LogP contribution is -2.59. The summed E-state index contributed by atoms with van der Waals surface area (Å²) in [6, 6.07) is 0.187. The van der Waals surface area contributed by atoms with Crippen LogP contribution in [0, 0.1) is 28.6 Å². The molecule has 122 valence electrons. The molecule has 22 heavy (non-hydrogen) atoms. The summed E-state index contributed by atoms with van der Waals surface area (Å²) in [4.78, 5) is 13.7. The van der Waals surface area contributed by atoms with Crippen molar-refractivity contribution < 1.29 is 9.18 Å². The highest BCUT2D eigenvalue weighted by Crippen LogP contribution is 2.64. The average Bonchev–Trinajstić information content (AvgIpc) is 2.86. The minimum absolute atomic E-state index is 0.167. The molecule has 0 aromatic rings. The van der Waals surface area contributed by atoms with Crippen molar-refractivity contribution in [1.82, 2.24) is 4.90 Å². The lowest BCUT2D eigenvalue weighted by molar-refractivity contribution is -0.141. The Morgan fingerprint density at radius 2 is 1.91 bits per heavy atom. The summed E-state index contributed by atoms with van der Waals surface area (Å²) in [5.41, 5.74) is 0.364. The number of hydrogen-bond donors (Lipinski definition) is 0. The lowest BCUT2D eigenvalue weighted by Gasteiger charge is -2.59. The van der Waals surface area contributed by atoms with Crippen LogP contribution in [0.2, 0.25) is 0 Å². The first-order valence-corrected chi connectivity index (χ1v) is 9.02. The Labute approximate surface area is 133 Å². The van der Waals surface area contributed by atoms with Gasteiger partial charge in [0.15, 0.2) is 5.83 Å². The van der Waals surface area contributed by atoms with Gasteiger partial charge >= 0.3 is 0 Å². The minimum atomic E-state index is -0.526. The summed E-state index contributed by atoms with van der Waals surface area (Å²) < 4.78 is 14.2. The molecule has 0 radical (unpaired) electrons. The standard InChI is InChI=1S/C19H28FNO/c1-18-9-4-5-13(18)12-6-7-16-19(2,14(12)8-10-18)11-15(20)17(22)21(16)3/h11-14,16H,4-10H2,1-3H3/t12-,13-,14+,16?,18-,19+/m0/s1. The maximum atomic E-state index is 14.2. The second kappa shape index (κ2) is 4.58. The summed E-state index contributed by atoms with van der Waals surface area (Å²) in [6.45, 7) is 4.71. The van der Waals surface area contributed by atoms with Crippen LogP contribution in [0.5, 0.6) is 0 Å². The van der Waals surface area contributed by atoms with Gasteiger partial charge in [-0.25, -0.2) is 4.39 Å². The molecule has 0 aromatic carbocycles. The zero-order valence-corrected chi connectivity index (χ0v) is 14.1. The van der Waals surface area contributed by atoms with Gasteiger partial charge in [-0.05, 0) is 67.8 Å². The first-order valence-electron chi connectivity index (χ1n) is 9.02. The van der Waals surface area contributed by atoms with Gasteiger partial charge in [0.1, 0.15) is 0 Å². The third-order valence-corrected chi connectivity index (χ3v) is 7.94. The van der Waals surface area contributed by atoms with Gasteiger partial charge in [-0.1, -0.05) is 20.3 Å². The van der Waals surface area contributed by atoms with E-state index in [0.717, 1.165) is 18.3 Å². The zero-order chi connectivity index (χ0) is 15.7. The number of fused-ring (bicyclic) bond motifs is 5. The number of nitrogens with zero attached hydrogens (tertiary/aromatic N) is 1. The fraction of sp³-hybridized carbons (Fsp3) is 0.842. The Bertz CT molecular complexity index is 544. The van der Waals surface area contributed by atoms with Crippen molar-refractivity contribution in [3.8, 4) is 0 Å². The summed E-state index contributed by atoms with van der Waals surface area (Å²) in [5, 5.41) is 0. The van der Waals surface area contributed by atoms with E-state index in [1.165, 1.54) is 38.5 Å². The molecule has 0 bridgehead atoms. The van der Waals surface area contributed by atoms with Gasteiger partial charge in [-0.15, -0.1) is 0 Å². The van der Waals surface area contributed by atoms with Crippen molar-refractivity contribution in [3.05, 3.63) is 11.9 Å². The highest BCUT2D eigenvalue weighted by Gasteiger charge is 2.58. The number of carbonyl (C=O) groups is 1. The van der Waals surface area contributed by atoms with Crippen molar-refractivity contribution in [1.29, 1.82) is 0 Å². The van der Waals surface area contributed by atoms with Crippen LogP contribution in [0.25, 0.3) is 0 Å². The lowest BCUT2D eigenvalue weighted by atomic mass is 9.48. The monoisotopic (exact) mass is 305 g/mol. The molecule has 3 aliphatic carbocycles. The van der Waals surface area contributed by atoms with Crippen molar-refractivity contribution in [2.24, 2.45) is 28.6 Å². The second-order valence-corrected chi connectivity index (χ2v) is 8.83. The molecule has 1 heterocycles. The average molecular weight is 305 g/mol. The van der Waals surface area contributed by atoms with Gasteiger partial charge in [0.05, 0.1) is 0 Å². The van der Waals surface area contributed by atoms with Gasteiger partial charge in [0.2, 0.25) is 0 Å². The van der Waals surface area contributed by atoms with Gasteiger partial charge in [0, 0.05) is 18.5 Å². The van der Waals surface area contributed by atoms with Crippen LogP contribution >= 0.6 is 0 Å². The number of halogens is 1. The second-order valence-electron chi connectivity index (χ2n) is 8.83. The largest absolute Gasteiger partial charge is 0.336 e. The van der Waals surface area contributed by atoms with Crippen LogP contribution in [-0.2, 0) is 4.79 Å². The highest BCUT2D eigenvalue weighted by atomic mass is 19.1. The molecule has 0 spiro atoms. The molecule has 3 saturated carbocycles.